The Morgan fingerprint density at radius 1 is 0.741 bits per heavy atom. The van der Waals surface area contributed by atoms with Crippen LogP contribution in [0, 0.1) is 0 Å². The third-order valence-corrected chi connectivity index (χ3v) is 25.4. The summed E-state index contributed by atoms with van der Waals surface area (Å²) in [6.07, 6.45) is 4.44. The first-order chi connectivity index (χ1) is 13.0. The van der Waals surface area contributed by atoms with Gasteiger partial charge in [-0.05, 0) is 0 Å². The maximum absolute atomic E-state index is 7.74. The summed E-state index contributed by atoms with van der Waals surface area (Å²) in [4.78, 5) is 0. The number of fused-ring (bicyclic) bond motifs is 4. The number of halogens is 2. The van der Waals surface area contributed by atoms with Crippen molar-refractivity contribution in [1.82, 2.24) is 0 Å². The first kappa shape index (κ1) is 17.8. The zero-order valence-electron chi connectivity index (χ0n) is 15.1. The molecule has 27 heavy (non-hydrogen) atoms. The van der Waals surface area contributed by atoms with Crippen molar-refractivity contribution in [3.8, 4) is 11.1 Å². The Hall–Kier alpha value is -1.27. The molecule has 0 radical (unpaired) electrons. The molecule has 5 rings (SSSR count). The molecule has 2 aliphatic rings. The SMILES string of the molecule is C[CH]=[Zr]([Cl])([Cl])([CH]1C=Cc2ccccc21)[CH]1c2ccccc2-c2ccccc21. The summed E-state index contributed by atoms with van der Waals surface area (Å²) < 4.78 is 2.35. The van der Waals surface area contributed by atoms with E-state index in [1.54, 1.807) is 0 Å². The topological polar surface area (TPSA) is 0 Å². The third-order valence-electron chi connectivity index (χ3n) is 6.33. The Morgan fingerprint density at radius 3 is 1.85 bits per heavy atom. The fourth-order valence-electron chi connectivity index (χ4n) is 5.01. The molecule has 0 fully saturated rings. The molecular weight excluding hydrogens is 450 g/mol. The van der Waals surface area contributed by atoms with Gasteiger partial charge < -0.3 is 0 Å². The molecule has 1 atom stereocenters. The molecule has 3 aromatic rings. The minimum atomic E-state index is -4.51. The zero-order chi connectivity index (χ0) is 18.7. The van der Waals surface area contributed by atoms with Crippen LogP contribution in [0.25, 0.3) is 17.2 Å². The summed E-state index contributed by atoms with van der Waals surface area (Å²) in [5.41, 5.74) is 7.63. The second-order valence-corrected chi connectivity index (χ2v) is 29.1. The van der Waals surface area contributed by atoms with E-state index in [4.69, 9.17) is 17.0 Å². The van der Waals surface area contributed by atoms with Crippen molar-refractivity contribution >= 4 is 26.8 Å². The van der Waals surface area contributed by atoms with Crippen molar-refractivity contribution < 1.29 is 15.9 Å². The number of benzene rings is 3. The second-order valence-electron chi connectivity index (χ2n) is 7.59. The number of hydrogen-bond acceptors (Lipinski definition) is 0. The molecular formula is C24H20Cl2Zr. The maximum atomic E-state index is 7.74. The third kappa shape index (κ3) is 2.42. The number of allylic oxidation sites excluding steroid dienone is 1. The normalized spacial score (nSPS) is 18.1. The van der Waals surface area contributed by atoms with Crippen molar-refractivity contribution in [1.29, 1.82) is 0 Å². The summed E-state index contributed by atoms with van der Waals surface area (Å²) in [6, 6.07) is 25.8. The minimum absolute atomic E-state index is 0.0629. The molecule has 0 N–H and O–H groups in total. The fraction of sp³-hybridized carbons (Fsp3) is 0.125. The summed E-state index contributed by atoms with van der Waals surface area (Å²) in [5.74, 6) is 0. The van der Waals surface area contributed by atoms with E-state index in [2.05, 4.69) is 95.6 Å². The van der Waals surface area contributed by atoms with Crippen LogP contribution < -0.4 is 0 Å². The van der Waals surface area contributed by atoms with E-state index in [-0.39, 0.29) is 7.25 Å². The predicted octanol–water partition coefficient (Wildman–Crippen LogP) is 7.34. The van der Waals surface area contributed by atoms with E-state index in [1.165, 1.54) is 33.4 Å². The van der Waals surface area contributed by atoms with Crippen molar-refractivity contribution in [3.63, 3.8) is 0 Å². The molecule has 0 heterocycles. The van der Waals surface area contributed by atoms with E-state index >= 15 is 0 Å². The fourth-order valence-corrected chi connectivity index (χ4v) is 20.0. The van der Waals surface area contributed by atoms with E-state index in [0.29, 0.717) is 0 Å². The summed E-state index contributed by atoms with van der Waals surface area (Å²) in [7, 11) is 15.5. The standard InChI is InChI=1S/C13H9.C9H7.C2H4.2ClH.Zr/c1-3-7-12-10(5-1)9-11-6-2-4-8-13(11)12;1-2-5-9-7-3-6-8(9)4-1;1-2;;;/h1-9H;1-7H;1H,2H3;2*1H;/q;;;;;+2/p-2. The van der Waals surface area contributed by atoms with Crippen molar-refractivity contribution in [2.45, 2.75) is 14.2 Å². The Morgan fingerprint density at radius 2 is 1.26 bits per heavy atom. The second kappa shape index (κ2) is 6.11. The van der Waals surface area contributed by atoms with Gasteiger partial charge in [0.1, 0.15) is 0 Å². The molecule has 0 saturated heterocycles. The Kier molecular flexibility index (Phi) is 4.03. The van der Waals surface area contributed by atoms with Gasteiger partial charge >= 0.3 is 169 Å². The molecule has 3 heteroatoms. The van der Waals surface area contributed by atoms with Gasteiger partial charge in [0.15, 0.2) is 0 Å². The molecule has 3 aromatic carbocycles. The van der Waals surface area contributed by atoms with Gasteiger partial charge in [0.05, 0.1) is 0 Å². The number of rotatable bonds is 2. The van der Waals surface area contributed by atoms with Crippen LogP contribution in [0.3, 0.4) is 0 Å². The molecule has 1 unspecified atom stereocenters. The van der Waals surface area contributed by atoms with Crippen LogP contribution in [0.2, 0.25) is 0 Å². The average Bonchev–Trinajstić information content (AvgIpc) is 3.29. The Labute approximate surface area is 168 Å². The van der Waals surface area contributed by atoms with Gasteiger partial charge in [-0.25, -0.2) is 0 Å². The molecule has 0 saturated carbocycles. The van der Waals surface area contributed by atoms with Crippen molar-refractivity contribution in [2.75, 3.05) is 0 Å². The Bertz CT molecular complexity index is 1120. The molecule has 0 amide bonds. The van der Waals surface area contributed by atoms with Gasteiger partial charge in [-0.15, -0.1) is 0 Å². The van der Waals surface area contributed by atoms with Crippen molar-refractivity contribution in [3.05, 3.63) is 101 Å². The van der Waals surface area contributed by atoms with Gasteiger partial charge in [0.2, 0.25) is 0 Å². The van der Waals surface area contributed by atoms with E-state index < -0.39 is 15.9 Å². The molecule has 134 valence electrons. The van der Waals surface area contributed by atoms with Gasteiger partial charge in [0.25, 0.3) is 0 Å². The predicted molar refractivity (Wildman–Crippen MR) is 115 cm³/mol. The summed E-state index contributed by atoms with van der Waals surface area (Å²) >= 11 is -4.51. The molecule has 0 bridgehead atoms. The Balaban J connectivity index is 1.82. The van der Waals surface area contributed by atoms with Crippen LogP contribution in [0.15, 0.2) is 78.9 Å². The van der Waals surface area contributed by atoms with Crippen LogP contribution in [0.1, 0.15) is 36.4 Å². The summed E-state index contributed by atoms with van der Waals surface area (Å²) in [5, 5.41) is 0. The van der Waals surface area contributed by atoms with Crippen molar-refractivity contribution in [2.24, 2.45) is 0 Å². The van der Waals surface area contributed by atoms with E-state index in [1.807, 2.05) is 0 Å². The number of hydrogen-bond donors (Lipinski definition) is 0. The first-order valence-electron chi connectivity index (χ1n) is 9.37. The van der Waals surface area contributed by atoms with Gasteiger partial charge in [-0.2, -0.15) is 0 Å². The van der Waals surface area contributed by atoms with Gasteiger partial charge in [-0.1, -0.05) is 0 Å². The average molecular weight is 471 g/mol. The van der Waals surface area contributed by atoms with Crippen LogP contribution >= 0.6 is 17.0 Å². The van der Waals surface area contributed by atoms with Crippen LogP contribution in [-0.2, 0) is 15.9 Å². The monoisotopic (exact) mass is 468 g/mol. The van der Waals surface area contributed by atoms with Crippen LogP contribution in [0.5, 0.6) is 0 Å². The van der Waals surface area contributed by atoms with Crippen LogP contribution in [-0.4, -0.2) is 3.71 Å². The van der Waals surface area contributed by atoms with E-state index in [0.717, 1.165) is 0 Å². The molecule has 2 aliphatic carbocycles. The quantitative estimate of drug-likeness (QED) is 0.367. The zero-order valence-corrected chi connectivity index (χ0v) is 19.0. The first-order valence-corrected chi connectivity index (χ1v) is 20.0. The summed E-state index contributed by atoms with van der Waals surface area (Å²) in [6.45, 7) is 2.07. The van der Waals surface area contributed by atoms with Gasteiger partial charge in [0, 0.05) is 0 Å². The van der Waals surface area contributed by atoms with E-state index in [9.17, 15) is 0 Å². The molecule has 0 aromatic heterocycles. The molecule has 0 aliphatic heterocycles. The van der Waals surface area contributed by atoms with Gasteiger partial charge in [-0.3, -0.25) is 0 Å². The van der Waals surface area contributed by atoms with Crippen LogP contribution in [0.4, 0.5) is 0 Å². The molecule has 0 spiro atoms. The molecule has 0 nitrogen and oxygen atoms in total.